The second kappa shape index (κ2) is 6.05. The molecule has 21 heavy (non-hydrogen) atoms. The molecular weight excluding hydrogens is 288 g/mol. The summed E-state index contributed by atoms with van der Waals surface area (Å²) < 4.78 is 0. The molecule has 1 aliphatic rings. The molecule has 1 heterocycles. The van der Waals surface area contributed by atoms with Crippen LogP contribution in [0.3, 0.4) is 0 Å². The van der Waals surface area contributed by atoms with Gasteiger partial charge in [0.25, 0.3) is 5.91 Å². The van der Waals surface area contributed by atoms with Gasteiger partial charge in [0.1, 0.15) is 5.00 Å². The molecule has 1 aromatic heterocycles. The Labute approximate surface area is 128 Å². The van der Waals surface area contributed by atoms with Gasteiger partial charge in [-0.15, -0.1) is 11.3 Å². The maximum atomic E-state index is 11.8. The Morgan fingerprint density at radius 1 is 1.52 bits per heavy atom. The number of aliphatic carboxylic acids is 1. The normalized spacial score (nSPS) is 18.9. The topological polar surface area (TPSA) is 83.6 Å². The molecule has 2 unspecified atom stereocenters. The molecule has 0 fully saturated rings. The molecule has 1 aliphatic carbocycles. The van der Waals surface area contributed by atoms with E-state index in [2.05, 4.69) is 6.92 Å². The highest BCUT2D eigenvalue weighted by molar-refractivity contribution is 7.16. The fraction of sp³-hybridized carbons (Fsp3) is 0.600. The van der Waals surface area contributed by atoms with Crippen molar-refractivity contribution in [2.24, 2.45) is 17.6 Å². The molecule has 1 aromatic rings. The summed E-state index contributed by atoms with van der Waals surface area (Å²) in [5, 5.41) is 9.85. The zero-order valence-electron chi connectivity index (χ0n) is 12.7. The van der Waals surface area contributed by atoms with E-state index in [0.29, 0.717) is 18.0 Å². The number of rotatable bonds is 5. The van der Waals surface area contributed by atoms with Gasteiger partial charge in [0, 0.05) is 18.5 Å². The fourth-order valence-electron chi connectivity index (χ4n) is 2.83. The SMILES string of the molecule is CC1CCc2c(sc(N(C)CC(C)C(=O)O)c2C(N)=O)C1. The minimum absolute atomic E-state index is 0.366. The van der Waals surface area contributed by atoms with E-state index in [0.717, 1.165) is 29.8 Å². The van der Waals surface area contributed by atoms with Gasteiger partial charge in [-0.3, -0.25) is 9.59 Å². The third-order valence-electron chi connectivity index (χ3n) is 4.06. The molecule has 5 nitrogen and oxygen atoms in total. The van der Waals surface area contributed by atoms with E-state index in [4.69, 9.17) is 10.8 Å². The van der Waals surface area contributed by atoms with E-state index in [1.807, 2.05) is 11.9 Å². The maximum Gasteiger partial charge on any atom is 0.308 e. The van der Waals surface area contributed by atoms with Gasteiger partial charge in [-0.25, -0.2) is 0 Å². The number of anilines is 1. The van der Waals surface area contributed by atoms with Crippen LogP contribution in [-0.2, 0) is 17.6 Å². The van der Waals surface area contributed by atoms with Gasteiger partial charge in [0.2, 0.25) is 0 Å². The zero-order valence-corrected chi connectivity index (χ0v) is 13.5. The summed E-state index contributed by atoms with van der Waals surface area (Å²) in [5.74, 6) is -1.12. The summed E-state index contributed by atoms with van der Waals surface area (Å²) >= 11 is 1.59. The number of hydrogen-bond donors (Lipinski definition) is 2. The molecule has 0 bridgehead atoms. The summed E-state index contributed by atoms with van der Waals surface area (Å²) in [6.45, 7) is 4.24. The first-order valence-electron chi connectivity index (χ1n) is 7.19. The molecule has 0 spiro atoms. The lowest BCUT2D eigenvalue weighted by molar-refractivity contribution is -0.140. The number of amides is 1. The molecule has 0 aromatic carbocycles. The van der Waals surface area contributed by atoms with Crippen molar-refractivity contribution in [1.82, 2.24) is 0 Å². The summed E-state index contributed by atoms with van der Waals surface area (Å²) in [6, 6.07) is 0. The van der Waals surface area contributed by atoms with E-state index in [1.165, 1.54) is 4.88 Å². The number of carbonyl (C=O) groups is 2. The predicted molar refractivity (Wildman–Crippen MR) is 84.1 cm³/mol. The fourth-order valence-corrected chi connectivity index (χ4v) is 4.32. The van der Waals surface area contributed by atoms with Crippen molar-refractivity contribution in [3.8, 4) is 0 Å². The first-order valence-corrected chi connectivity index (χ1v) is 8.01. The lowest BCUT2D eigenvalue weighted by atomic mass is 9.88. The molecule has 116 valence electrons. The van der Waals surface area contributed by atoms with Gasteiger partial charge in [-0.1, -0.05) is 13.8 Å². The Hall–Kier alpha value is -1.56. The lowest BCUT2D eigenvalue weighted by Crippen LogP contribution is -2.29. The summed E-state index contributed by atoms with van der Waals surface area (Å²) in [6.07, 6.45) is 2.93. The Kier molecular flexibility index (Phi) is 4.56. The van der Waals surface area contributed by atoms with Crippen LogP contribution in [0.1, 0.15) is 41.1 Å². The Morgan fingerprint density at radius 2 is 2.19 bits per heavy atom. The van der Waals surface area contributed by atoms with Crippen LogP contribution in [0.25, 0.3) is 0 Å². The number of nitrogens with two attached hydrogens (primary N) is 1. The minimum Gasteiger partial charge on any atom is -0.481 e. The average molecular weight is 310 g/mol. The van der Waals surface area contributed by atoms with Gasteiger partial charge in [-0.05, 0) is 30.7 Å². The molecule has 2 rings (SSSR count). The van der Waals surface area contributed by atoms with Crippen LogP contribution in [0.15, 0.2) is 0 Å². The minimum atomic E-state index is -0.836. The molecule has 2 atom stereocenters. The van der Waals surface area contributed by atoms with Crippen LogP contribution in [0.2, 0.25) is 0 Å². The van der Waals surface area contributed by atoms with Gasteiger partial charge >= 0.3 is 5.97 Å². The molecule has 6 heteroatoms. The highest BCUT2D eigenvalue weighted by Gasteiger charge is 2.28. The number of carbonyl (C=O) groups excluding carboxylic acids is 1. The number of carboxylic acids is 1. The molecule has 0 saturated carbocycles. The Morgan fingerprint density at radius 3 is 2.76 bits per heavy atom. The number of hydrogen-bond acceptors (Lipinski definition) is 4. The molecule has 0 saturated heterocycles. The van der Waals surface area contributed by atoms with Crippen molar-refractivity contribution in [2.45, 2.75) is 33.1 Å². The monoisotopic (exact) mass is 310 g/mol. The summed E-state index contributed by atoms with van der Waals surface area (Å²) in [4.78, 5) is 25.9. The molecular formula is C15H22N2O3S. The predicted octanol–water partition coefficient (Wildman–Crippen LogP) is 2.13. The van der Waals surface area contributed by atoms with Crippen LogP contribution in [0.4, 0.5) is 5.00 Å². The number of nitrogens with zero attached hydrogens (tertiary/aromatic N) is 1. The van der Waals surface area contributed by atoms with Crippen LogP contribution >= 0.6 is 11.3 Å². The highest BCUT2D eigenvalue weighted by Crippen LogP contribution is 2.41. The molecule has 1 amide bonds. The van der Waals surface area contributed by atoms with Crippen molar-refractivity contribution in [3.63, 3.8) is 0 Å². The number of thiophene rings is 1. The number of primary amides is 1. The third kappa shape index (κ3) is 3.20. The summed E-state index contributed by atoms with van der Waals surface area (Å²) in [5.41, 5.74) is 7.25. The maximum absolute atomic E-state index is 11.8. The highest BCUT2D eigenvalue weighted by atomic mass is 32.1. The first kappa shape index (κ1) is 15.8. The van der Waals surface area contributed by atoms with Crippen LogP contribution < -0.4 is 10.6 Å². The van der Waals surface area contributed by atoms with Crippen LogP contribution in [0, 0.1) is 11.8 Å². The second-order valence-corrected chi connectivity index (χ2v) is 7.10. The van der Waals surface area contributed by atoms with Crippen LogP contribution in [-0.4, -0.2) is 30.6 Å². The first-order chi connectivity index (χ1) is 9.81. The van der Waals surface area contributed by atoms with Gasteiger partial charge in [-0.2, -0.15) is 0 Å². The number of fused-ring (bicyclic) bond motifs is 1. The van der Waals surface area contributed by atoms with E-state index >= 15 is 0 Å². The van der Waals surface area contributed by atoms with Crippen molar-refractivity contribution < 1.29 is 14.7 Å². The standard InChI is InChI=1S/C15H22N2O3S/c1-8-4-5-10-11(6-8)21-14(12(10)13(16)18)17(3)7-9(2)15(19)20/h8-9H,4-7H2,1-3H3,(H2,16,18)(H,19,20). The van der Waals surface area contributed by atoms with Gasteiger partial charge in [0.15, 0.2) is 0 Å². The largest absolute Gasteiger partial charge is 0.481 e. The van der Waals surface area contributed by atoms with Crippen LogP contribution in [0.5, 0.6) is 0 Å². The van der Waals surface area contributed by atoms with E-state index in [9.17, 15) is 9.59 Å². The molecule has 0 radical (unpaired) electrons. The van der Waals surface area contributed by atoms with Gasteiger partial charge < -0.3 is 15.7 Å². The van der Waals surface area contributed by atoms with E-state index < -0.39 is 17.8 Å². The average Bonchev–Trinajstić information content (AvgIpc) is 2.76. The molecule has 3 N–H and O–H groups in total. The number of carboxylic acid groups (broad SMARTS) is 1. The summed E-state index contributed by atoms with van der Waals surface area (Å²) in [7, 11) is 1.83. The Bertz CT molecular complexity index is 568. The quantitative estimate of drug-likeness (QED) is 0.872. The van der Waals surface area contributed by atoms with Crippen molar-refractivity contribution in [3.05, 3.63) is 16.0 Å². The smallest absolute Gasteiger partial charge is 0.308 e. The van der Waals surface area contributed by atoms with E-state index in [-0.39, 0.29) is 0 Å². The Balaban J connectivity index is 2.34. The van der Waals surface area contributed by atoms with Crippen molar-refractivity contribution in [2.75, 3.05) is 18.5 Å². The zero-order chi connectivity index (χ0) is 15.7. The molecule has 0 aliphatic heterocycles. The second-order valence-electron chi connectivity index (χ2n) is 6.02. The van der Waals surface area contributed by atoms with Crippen molar-refractivity contribution in [1.29, 1.82) is 0 Å². The lowest BCUT2D eigenvalue weighted by Gasteiger charge is -2.21. The third-order valence-corrected chi connectivity index (χ3v) is 5.42. The van der Waals surface area contributed by atoms with Crippen molar-refractivity contribution >= 4 is 28.2 Å². The van der Waals surface area contributed by atoms with Gasteiger partial charge in [0.05, 0.1) is 11.5 Å². The van der Waals surface area contributed by atoms with E-state index in [1.54, 1.807) is 18.3 Å².